The van der Waals surface area contributed by atoms with Crippen LogP contribution in [0, 0.1) is 6.92 Å². The minimum atomic E-state index is 0.412. The molecule has 0 spiro atoms. The monoisotopic (exact) mass is 305 g/mol. The first kappa shape index (κ1) is 13.1. The third-order valence-corrected chi connectivity index (χ3v) is 4.38. The summed E-state index contributed by atoms with van der Waals surface area (Å²) < 4.78 is 11.3. The van der Waals surface area contributed by atoms with E-state index in [9.17, 15) is 0 Å². The van der Waals surface area contributed by atoms with Gasteiger partial charge >= 0.3 is 0 Å². The molecular formula is C15H16ClN3O2. The fraction of sp³-hybridized carbons (Fsp3) is 0.467. The summed E-state index contributed by atoms with van der Waals surface area (Å²) in [6, 6.07) is 4.42. The van der Waals surface area contributed by atoms with Gasteiger partial charge < -0.3 is 14.4 Å². The Labute approximate surface area is 127 Å². The predicted octanol–water partition coefficient (Wildman–Crippen LogP) is 2.58. The Balaban J connectivity index is 1.86. The standard InChI is InChI=1S/C15H16ClN3O2/c1-9-17-12-7-14-13(6-11(12)15(16)18-9)19(3-5-21-14)10-2-4-20-8-10/h6-7,10H,2-5,8H2,1H3. The third kappa shape index (κ3) is 2.21. The van der Waals surface area contributed by atoms with Crippen molar-refractivity contribution >= 4 is 28.2 Å². The maximum absolute atomic E-state index is 6.28. The van der Waals surface area contributed by atoms with Crippen LogP contribution in [0.1, 0.15) is 12.2 Å². The molecule has 6 heteroatoms. The molecule has 3 heterocycles. The number of rotatable bonds is 1. The smallest absolute Gasteiger partial charge is 0.144 e. The number of fused-ring (bicyclic) bond motifs is 2. The number of hydrogen-bond donors (Lipinski definition) is 0. The van der Waals surface area contributed by atoms with Crippen molar-refractivity contribution in [1.82, 2.24) is 9.97 Å². The number of nitrogens with zero attached hydrogens (tertiary/aromatic N) is 3. The summed E-state index contributed by atoms with van der Waals surface area (Å²) in [5.74, 6) is 1.54. The molecule has 1 saturated heterocycles. The lowest BCUT2D eigenvalue weighted by molar-refractivity contribution is 0.191. The molecule has 0 aliphatic carbocycles. The molecule has 0 amide bonds. The number of aromatic nitrogens is 2. The van der Waals surface area contributed by atoms with Crippen molar-refractivity contribution in [1.29, 1.82) is 0 Å². The molecule has 21 heavy (non-hydrogen) atoms. The van der Waals surface area contributed by atoms with Crippen molar-refractivity contribution in [2.24, 2.45) is 0 Å². The van der Waals surface area contributed by atoms with Crippen LogP contribution in [-0.2, 0) is 4.74 Å². The molecule has 0 N–H and O–H groups in total. The maximum Gasteiger partial charge on any atom is 0.144 e. The van der Waals surface area contributed by atoms with Gasteiger partial charge in [0.05, 0.1) is 30.4 Å². The zero-order chi connectivity index (χ0) is 14.4. The SMILES string of the molecule is Cc1nc(Cl)c2cc3c(cc2n1)OCCN3C1CCOC1. The van der Waals surface area contributed by atoms with E-state index in [0.29, 0.717) is 23.6 Å². The van der Waals surface area contributed by atoms with E-state index < -0.39 is 0 Å². The summed E-state index contributed by atoms with van der Waals surface area (Å²) in [7, 11) is 0. The highest BCUT2D eigenvalue weighted by Crippen LogP contribution is 2.38. The minimum absolute atomic E-state index is 0.412. The molecule has 0 bridgehead atoms. The van der Waals surface area contributed by atoms with Crippen molar-refractivity contribution in [2.75, 3.05) is 31.3 Å². The molecule has 1 atom stereocenters. The van der Waals surface area contributed by atoms with Crippen LogP contribution >= 0.6 is 11.6 Å². The Morgan fingerprint density at radius 3 is 3.00 bits per heavy atom. The first-order valence-electron chi connectivity index (χ1n) is 7.17. The lowest BCUT2D eigenvalue weighted by Gasteiger charge is -2.35. The van der Waals surface area contributed by atoms with E-state index in [1.807, 2.05) is 19.1 Å². The fourth-order valence-corrected chi connectivity index (χ4v) is 3.35. The van der Waals surface area contributed by atoms with Crippen LogP contribution in [-0.4, -0.2) is 42.4 Å². The summed E-state index contributed by atoms with van der Waals surface area (Å²) in [6.07, 6.45) is 1.05. The Morgan fingerprint density at radius 1 is 1.29 bits per heavy atom. The van der Waals surface area contributed by atoms with E-state index >= 15 is 0 Å². The summed E-state index contributed by atoms with van der Waals surface area (Å²) in [5, 5.41) is 1.36. The molecule has 5 nitrogen and oxygen atoms in total. The number of benzene rings is 1. The maximum atomic E-state index is 6.28. The van der Waals surface area contributed by atoms with Crippen molar-refractivity contribution in [3.8, 4) is 5.75 Å². The van der Waals surface area contributed by atoms with Crippen LogP contribution in [0.15, 0.2) is 12.1 Å². The van der Waals surface area contributed by atoms with Crippen LogP contribution in [0.5, 0.6) is 5.75 Å². The van der Waals surface area contributed by atoms with Gasteiger partial charge in [0.25, 0.3) is 0 Å². The topological polar surface area (TPSA) is 47.5 Å². The van der Waals surface area contributed by atoms with E-state index in [1.165, 1.54) is 0 Å². The zero-order valence-corrected chi connectivity index (χ0v) is 12.6. The largest absolute Gasteiger partial charge is 0.489 e. The van der Waals surface area contributed by atoms with Crippen molar-refractivity contribution in [2.45, 2.75) is 19.4 Å². The molecular weight excluding hydrogens is 290 g/mol. The van der Waals surface area contributed by atoms with Crippen LogP contribution < -0.4 is 9.64 Å². The lowest BCUT2D eigenvalue weighted by Crippen LogP contribution is -2.41. The molecule has 0 saturated carbocycles. The highest BCUT2D eigenvalue weighted by Gasteiger charge is 2.29. The van der Waals surface area contributed by atoms with E-state index in [1.54, 1.807) is 0 Å². The number of ether oxygens (including phenoxy) is 2. The highest BCUT2D eigenvalue weighted by atomic mass is 35.5. The second-order valence-corrected chi connectivity index (χ2v) is 5.82. The number of hydrogen-bond acceptors (Lipinski definition) is 5. The molecule has 2 aliphatic heterocycles. The van der Waals surface area contributed by atoms with E-state index in [-0.39, 0.29) is 0 Å². The van der Waals surface area contributed by atoms with Gasteiger partial charge in [-0.2, -0.15) is 0 Å². The molecule has 1 aromatic heterocycles. The fourth-order valence-electron chi connectivity index (χ4n) is 3.08. The first-order valence-corrected chi connectivity index (χ1v) is 7.55. The van der Waals surface area contributed by atoms with Gasteiger partial charge in [-0.15, -0.1) is 0 Å². The average molecular weight is 306 g/mol. The van der Waals surface area contributed by atoms with Crippen molar-refractivity contribution in [3.63, 3.8) is 0 Å². The van der Waals surface area contributed by atoms with Gasteiger partial charge in [-0.1, -0.05) is 11.6 Å². The molecule has 1 aromatic carbocycles. The molecule has 1 unspecified atom stereocenters. The Morgan fingerprint density at radius 2 is 2.19 bits per heavy atom. The van der Waals surface area contributed by atoms with Gasteiger partial charge in [0.1, 0.15) is 23.3 Å². The summed E-state index contributed by atoms with van der Waals surface area (Å²) in [4.78, 5) is 11.1. The zero-order valence-electron chi connectivity index (χ0n) is 11.8. The van der Waals surface area contributed by atoms with Crippen LogP contribution in [0.25, 0.3) is 10.9 Å². The summed E-state index contributed by atoms with van der Waals surface area (Å²) in [5.41, 5.74) is 1.90. The second kappa shape index (κ2) is 5.00. The van der Waals surface area contributed by atoms with Gasteiger partial charge in [-0.3, -0.25) is 0 Å². The summed E-state index contributed by atoms with van der Waals surface area (Å²) >= 11 is 6.28. The number of halogens is 1. The lowest BCUT2D eigenvalue weighted by atomic mass is 10.1. The molecule has 110 valence electrons. The molecule has 0 radical (unpaired) electrons. The number of aryl methyl sites for hydroxylation is 1. The van der Waals surface area contributed by atoms with Gasteiger partial charge in [0, 0.05) is 18.1 Å². The van der Waals surface area contributed by atoms with E-state index in [2.05, 4.69) is 14.9 Å². The number of anilines is 1. The highest BCUT2D eigenvalue weighted by molar-refractivity contribution is 6.34. The van der Waals surface area contributed by atoms with Crippen LogP contribution in [0.2, 0.25) is 5.15 Å². The molecule has 1 fully saturated rings. The van der Waals surface area contributed by atoms with Gasteiger partial charge in [-0.05, 0) is 19.4 Å². The Kier molecular flexibility index (Phi) is 3.12. The molecule has 4 rings (SSSR count). The molecule has 2 aromatic rings. The summed E-state index contributed by atoms with van der Waals surface area (Å²) in [6.45, 7) is 5.00. The second-order valence-electron chi connectivity index (χ2n) is 5.46. The minimum Gasteiger partial charge on any atom is -0.489 e. The average Bonchev–Trinajstić information content (AvgIpc) is 2.98. The van der Waals surface area contributed by atoms with Crippen LogP contribution in [0.4, 0.5) is 5.69 Å². The van der Waals surface area contributed by atoms with Crippen molar-refractivity contribution in [3.05, 3.63) is 23.1 Å². The van der Waals surface area contributed by atoms with E-state index in [4.69, 9.17) is 21.1 Å². The first-order chi connectivity index (χ1) is 10.2. The van der Waals surface area contributed by atoms with Crippen LogP contribution in [0.3, 0.4) is 0 Å². The molecule has 2 aliphatic rings. The Hall–Kier alpha value is -1.59. The normalized spacial score (nSPS) is 21.4. The van der Waals surface area contributed by atoms with Gasteiger partial charge in [0.2, 0.25) is 0 Å². The van der Waals surface area contributed by atoms with E-state index in [0.717, 1.165) is 48.5 Å². The Bertz CT molecular complexity index is 701. The van der Waals surface area contributed by atoms with Gasteiger partial charge in [0.15, 0.2) is 0 Å². The quantitative estimate of drug-likeness (QED) is 0.758. The third-order valence-electron chi connectivity index (χ3n) is 4.09. The van der Waals surface area contributed by atoms with Gasteiger partial charge in [-0.25, -0.2) is 9.97 Å². The predicted molar refractivity (Wildman–Crippen MR) is 81.4 cm³/mol. The van der Waals surface area contributed by atoms with Crippen molar-refractivity contribution < 1.29 is 9.47 Å².